The smallest absolute Gasteiger partial charge is 0.311 e. The lowest BCUT2D eigenvalue weighted by Crippen LogP contribution is -2.38. The summed E-state index contributed by atoms with van der Waals surface area (Å²) in [5, 5.41) is 2.51. The summed E-state index contributed by atoms with van der Waals surface area (Å²) >= 11 is 6.00. The van der Waals surface area contributed by atoms with E-state index in [1.807, 2.05) is 43.3 Å². The molecule has 1 aromatic heterocycles. The second kappa shape index (κ2) is 10.1. The Hall–Kier alpha value is -1.99. The predicted molar refractivity (Wildman–Crippen MR) is 120 cm³/mol. The number of aryl methyl sites for hydroxylation is 1. The molecule has 7 heteroatoms. The number of carbonyl (C=O) groups is 1. The standard InChI is InChI=1S/C24H31ClN2O4/c1-16-22(31-21(28)8-6-7-13-30-27(5)24(2,3)4)20-15-29-23(19(20)14-26-16)17-9-11-18(25)12-10-17/h9-12,14,23H,6-8,13,15H2,1-5H3/t23-/m0/s1. The molecule has 0 bridgehead atoms. The van der Waals surface area contributed by atoms with Crippen LogP contribution in [0.15, 0.2) is 30.5 Å². The van der Waals surface area contributed by atoms with Gasteiger partial charge in [-0.05, 0) is 58.2 Å². The number of aromatic nitrogens is 1. The number of ether oxygens (including phenoxy) is 2. The first-order chi connectivity index (χ1) is 14.7. The number of halogens is 1. The van der Waals surface area contributed by atoms with Crippen molar-refractivity contribution in [2.75, 3.05) is 13.7 Å². The first-order valence-electron chi connectivity index (χ1n) is 10.6. The Kier molecular flexibility index (Phi) is 7.70. The first kappa shape index (κ1) is 23.7. The molecule has 1 aromatic carbocycles. The van der Waals surface area contributed by atoms with Crippen LogP contribution in [0, 0.1) is 6.92 Å². The summed E-state index contributed by atoms with van der Waals surface area (Å²) in [5.41, 5.74) is 3.43. The van der Waals surface area contributed by atoms with Crippen molar-refractivity contribution in [3.05, 3.63) is 57.9 Å². The molecule has 2 aromatic rings. The Balaban J connectivity index is 1.57. The molecular weight excluding hydrogens is 416 g/mol. The SMILES string of the molecule is Cc1ncc2c(c1OC(=O)CCCCON(C)C(C)(C)C)CO[C@H]2c1ccc(Cl)cc1. The highest BCUT2D eigenvalue weighted by atomic mass is 35.5. The van der Waals surface area contributed by atoms with Crippen LogP contribution in [0.5, 0.6) is 5.75 Å². The van der Waals surface area contributed by atoms with Crippen LogP contribution in [0.3, 0.4) is 0 Å². The van der Waals surface area contributed by atoms with Crippen molar-refractivity contribution >= 4 is 17.6 Å². The molecule has 0 amide bonds. The summed E-state index contributed by atoms with van der Waals surface area (Å²) < 4.78 is 11.7. The van der Waals surface area contributed by atoms with Gasteiger partial charge in [-0.25, -0.2) is 0 Å². The van der Waals surface area contributed by atoms with Gasteiger partial charge in [0.05, 0.1) is 18.9 Å². The Morgan fingerprint density at radius 3 is 2.65 bits per heavy atom. The van der Waals surface area contributed by atoms with Gasteiger partial charge in [0.15, 0.2) is 5.75 Å². The predicted octanol–water partition coefficient (Wildman–Crippen LogP) is 5.40. The maximum Gasteiger partial charge on any atom is 0.311 e. The Bertz CT molecular complexity index is 909. The van der Waals surface area contributed by atoms with Crippen LogP contribution in [0.2, 0.25) is 5.02 Å². The van der Waals surface area contributed by atoms with Crippen LogP contribution in [0.25, 0.3) is 0 Å². The molecule has 0 radical (unpaired) electrons. The summed E-state index contributed by atoms with van der Waals surface area (Å²) in [6.07, 6.45) is 3.36. The monoisotopic (exact) mass is 446 g/mol. The second-order valence-corrected chi connectivity index (χ2v) is 9.22. The van der Waals surface area contributed by atoms with Crippen molar-refractivity contribution in [3.63, 3.8) is 0 Å². The van der Waals surface area contributed by atoms with E-state index >= 15 is 0 Å². The normalized spacial score (nSPS) is 15.9. The van der Waals surface area contributed by atoms with E-state index in [4.69, 9.17) is 25.9 Å². The zero-order chi connectivity index (χ0) is 22.6. The number of fused-ring (bicyclic) bond motifs is 1. The van der Waals surface area contributed by atoms with E-state index in [1.165, 1.54) is 0 Å². The largest absolute Gasteiger partial charge is 0.424 e. The highest BCUT2D eigenvalue weighted by Crippen LogP contribution is 2.41. The average molecular weight is 447 g/mol. The lowest BCUT2D eigenvalue weighted by molar-refractivity contribution is -0.192. The molecule has 6 nitrogen and oxygen atoms in total. The molecule has 0 saturated carbocycles. The molecule has 0 saturated heterocycles. The van der Waals surface area contributed by atoms with Gasteiger partial charge in [0.1, 0.15) is 6.10 Å². The molecule has 0 N–H and O–H groups in total. The Labute approximate surface area is 189 Å². The molecule has 2 heterocycles. The number of unbranched alkanes of at least 4 members (excludes halogenated alkanes) is 1. The topological polar surface area (TPSA) is 60.9 Å². The van der Waals surface area contributed by atoms with Crippen LogP contribution in [-0.4, -0.2) is 35.2 Å². The third kappa shape index (κ3) is 6.04. The van der Waals surface area contributed by atoms with E-state index in [0.29, 0.717) is 42.5 Å². The van der Waals surface area contributed by atoms with E-state index in [1.54, 1.807) is 6.20 Å². The first-order valence-corrected chi connectivity index (χ1v) is 11.0. The molecule has 31 heavy (non-hydrogen) atoms. The fourth-order valence-electron chi connectivity index (χ4n) is 3.26. The lowest BCUT2D eigenvalue weighted by atomic mass is 10.0. The number of rotatable bonds is 8. The van der Waals surface area contributed by atoms with Gasteiger partial charge in [0, 0.05) is 41.4 Å². The molecular formula is C24H31ClN2O4. The van der Waals surface area contributed by atoms with E-state index in [9.17, 15) is 4.79 Å². The zero-order valence-corrected chi connectivity index (χ0v) is 19.7. The number of hydroxylamine groups is 2. The Morgan fingerprint density at radius 2 is 1.97 bits per heavy atom. The maximum absolute atomic E-state index is 12.5. The molecule has 0 fully saturated rings. The summed E-state index contributed by atoms with van der Waals surface area (Å²) in [6.45, 7) is 9.04. The minimum Gasteiger partial charge on any atom is -0.424 e. The van der Waals surface area contributed by atoms with Crippen LogP contribution >= 0.6 is 11.6 Å². The van der Waals surface area contributed by atoms with E-state index in [-0.39, 0.29) is 17.6 Å². The summed E-state index contributed by atoms with van der Waals surface area (Å²) in [6, 6.07) is 7.55. The molecule has 1 atom stereocenters. The fourth-order valence-corrected chi connectivity index (χ4v) is 3.39. The summed E-state index contributed by atoms with van der Waals surface area (Å²) in [4.78, 5) is 22.6. The van der Waals surface area contributed by atoms with E-state index in [2.05, 4.69) is 25.8 Å². The highest BCUT2D eigenvalue weighted by Gasteiger charge is 2.30. The second-order valence-electron chi connectivity index (χ2n) is 8.78. The van der Waals surface area contributed by atoms with Gasteiger partial charge < -0.3 is 9.47 Å². The zero-order valence-electron chi connectivity index (χ0n) is 18.9. The van der Waals surface area contributed by atoms with Crippen LogP contribution < -0.4 is 4.74 Å². The number of esters is 1. The number of nitrogens with zero attached hydrogens (tertiary/aromatic N) is 2. The lowest BCUT2D eigenvalue weighted by Gasteiger charge is -2.30. The molecule has 1 aliphatic rings. The van der Waals surface area contributed by atoms with Gasteiger partial charge in [-0.3, -0.25) is 14.6 Å². The van der Waals surface area contributed by atoms with Gasteiger partial charge >= 0.3 is 5.97 Å². The Morgan fingerprint density at radius 1 is 1.26 bits per heavy atom. The molecule has 3 rings (SSSR count). The van der Waals surface area contributed by atoms with Gasteiger partial charge in [0.25, 0.3) is 0 Å². The number of pyridine rings is 1. The van der Waals surface area contributed by atoms with Gasteiger partial charge in [-0.15, -0.1) is 0 Å². The molecule has 0 spiro atoms. The van der Waals surface area contributed by atoms with Gasteiger partial charge in [-0.2, -0.15) is 5.06 Å². The number of hydrogen-bond acceptors (Lipinski definition) is 6. The quantitative estimate of drug-likeness (QED) is 0.307. The van der Waals surface area contributed by atoms with Crippen molar-refractivity contribution in [2.24, 2.45) is 0 Å². The highest BCUT2D eigenvalue weighted by molar-refractivity contribution is 6.30. The minimum absolute atomic E-state index is 0.0525. The molecule has 1 aliphatic heterocycles. The molecule has 168 valence electrons. The number of benzene rings is 1. The van der Waals surface area contributed by atoms with E-state index in [0.717, 1.165) is 23.1 Å². The van der Waals surface area contributed by atoms with Crippen LogP contribution in [-0.2, 0) is 21.0 Å². The third-order valence-corrected chi connectivity index (χ3v) is 5.67. The maximum atomic E-state index is 12.5. The fraction of sp³-hybridized carbons (Fsp3) is 0.500. The van der Waals surface area contributed by atoms with Crippen molar-refractivity contribution in [2.45, 2.75) is 65.2 Å². The van der Waals surface area contributed by atoms with Crippen molar-refractivity contribution < 1.29 is 19.1 Å². The summed E-state index contributed by atoms with van der Waals surface area (Å²) in [5.74, 6) is 0.250. The summed E-state index contributed by atoms with van der Waals surface area (Å²) in [7, 11) is 1.92. The van der Waals surface area contributed by atoms with E-state index < -0.39 is 0 Å². The number of carbonyl (C=O) groups excluding carboxylic acids is 1. The van der Waals surface area contributed by atoms with Crippen molar-refractivity contribution in [3.8, 4) is 5.75 Å². The van der Waals surface area contributed by atoms with Gasteiger partial charge in [-0.1, -0.05) is 23.7 Å². The average Bonchev–Trinajstić information content (AvgIpc) is 3.14. The van der Waals surface area contributed by atoms with Crippen LogP contribution in [0.4, 0.5) is 0 Å². The molecule has 0 aliphatic carbocycles. The third-order valence-electron chi connectivity index (χ3n) is 5.42. The number of hydrogen-bond donors (Lipinski definition) is 0. The van der Waals surface area contributed by atoms with Crippen molar-refractivity contribution in [1.29, 1.82) is 0 Å². The van der Waals surface area contributed by atoms with Crippen LogP contribution in [0.1, 0.15) is 68.5 Å². The van der Waals surface area contributed by atoms with Crippen molar-refractivity contribution in [1.82, 2.24) is 10.0 Å². The van der Waals surface area contributed by atoms with Gasteiger partial charge in [0.2, 0.25) is 0 Å². The minimum atomic E-state index is -0.266. The molecule has 0 unspecified atom stereocenters.